The number of carbonyl (C=O) groups excluding carboxylic acids is 3. The predicted octanol–water partition coefficient (Wildman–Crippen LogP) is 3.37. The van der Waals surface area contributed by atoms with Gasteiger partial charge in [-0.05, 0) is 44.4 Å². The van der Waals surface area contributed by atoms with Gasteiger partial charge in [0.15, 0.2) is 0 Å². The summed E-state index contributed by atoms with van der Waals surface area (Å²) in [5, 5.41) is 2.27. The first-order valence-corrected chi connectivity index (χ1v) is 8.26. The highest BCUT2D eigenvalue weighted by molar-refractivity contribution is 6.21. The minimum atomic E-state index is -4.79. The molecule has 26 heavy (non-hydrogen) atoms. The third kappa shape index (κ3) is 3.02. The van der Waals surface area contributed by atoms with E-state index in [2.05, 4.69) is 5.32 Å². The van der Waals surface area contributed by atoms with Gasteiger partial charge in [-0.2, -0.15) is 13.2 Å². The van der Waals surface area contributed by atoms with Gasteiger partial charge in [-0.1, -0.05) is 0 Å². The van der Waals surface area contributed by atoms with Crippen molar-refractivity contribution in [3.63, 3.8) is 0 Å². The molecular formula is C17H18F3N3O3. The molecule has 2 fully saturated rings. The summed E-state index contributed by atoms with van der Waals surface area (Å²) in [7, 11) is 0. The fourth-order valence-corrected chi connectivity index (χ4v) is 3.28. The summed E-state index contributed by atoms with van der Waals surface area (Å²) in [6.45, 7) is 2.70. The van der Waals surface area contributed by atoms with E-state index in [1.54, 1.807) is 0 Å². The number of nitrogens with zero attached hydrogens (tertiary/aromatic N) is 2. The van der Waals surface area contributed by atoms with Crippen molar-refractivity contribution >= 4 is 29.2 Å². The number of rotatable bonds is 3. The minimum Gasteiger partial charge on any atom is -0.326 e. The molecule has 6 nitrogen and oxygen atoms in total. The van der Waals surface area contributed by atoms with Crippen LogP contribution in [0.15, 0.2) is 18.2 Å². The van der Waals surface area contributed by atoms with Crippen molar-refractivity contribution in [2.75, 3.05) is 10.2 Å². The quantitative estimate of drug-likeness (QED) is 0.831. The summed E-state index contributed by atoms with van der Waals surface area (Å²) in [6.07, 6.45) is -2.39. The molecule has 4 amide bonds. The maximum Gasteiger partial charge on any atom is 0.418 e. The molecule has 1 atom stereocenters. The molecule has 1 aromatic rings. The molecule has 1 saturated heterocycles. The highest BCUT2D eigenvalue weighted by Crippen LogP contribution is 2.41. The fourth-order valence-electron chi connectivity index (χ4n) is 3.28. The molecule has 3 rings (SSSR count). The van der Waals surface area contributed by atoms with Crippen LogP contribution in [0.5, 0.6) is 0 Å². The average molecular weight is 369 g/mol. The van der Waals surface area contributed by atoms with Crippen LogP contribution < -0.4 is 10.2 Å². The zero-order valence-corrected chi connectivity index (χ0v) is 14.3. The number of urea groups is 1. The Morgan fingerprint density at radius 2 is 1.88 bits per heavy atom. The zero-order chi connectivity index (χ0) is 19.2. The van der Waals surface area contributed by atoms with Gasteiger partial charge in [0.05, 0.1) is 11.3 Å². The Morgan fingerprint density at radius 3 is 2.38 bits per heavy atom. The highest BCUT2D eigenvalue weighted by atomic mass is 19.4. The second kappa shape index (κ2) is 6.30. The van der Waals surface area contributed by atoms with Gasteiger partial charge in [0, 0.05) is 18.7 Å². The van der Waals surface area contributed by atoms with E-state index in [4.69, 9.17) is 0 Å². The molecule has 1 aromatic carbocycles. The lowest BCUT2D eigenvalue weighted by atomic mass is 9.91. The monoisotopic (exact) mass is 369 g/mol. The van der Waals surface area contributed by atoms with E-state index in [-0.39, 0.29) is 11.7 Å². The van der Waals surface area contributed by atoms with Gasteiger partial charge in [0.25, 0.3) is 5.91 Å². The standard InChI is InChI=1S/C17H18F3N3O3/c1-9-15(25)23(16(26)22(9)12-4-3-5-12)14-7-6-11(21-10(2)24)8-13(14)17(18,19)20/h6-9,12H,3-5H2,1-2H3,(H,21,24)/t9-/m1/s1. The average Bonchev–Trinajstić information content (AvgIpc) is 2.69. The summed E-state index contributed by atoms with van der Waals surface area (Å²) >= 11 is 0. The van der Waals surface area contributed by atoms with Gasteiger partial charge < -0.3 is 10.2 Å². The van der Waals surface area contributed by atoms with Gasteiger partial charge in [-0.25, -0.2) is 9.69 Å². The maximum absolute atomic E-state index is 13.5. The van der Waals surface area contributed by atoms with Gasteiger partial charge in [-0.3, -0.25) is 9.59 Å². The Bertz CT molecular complexity index is 774. The smallest absolute Gasteiger partial charge is 0.326 e. The molecule has 0 unspecified atom stereocenters. The number of carbonyl (C=O) groups is 3. The SMILES string of the molecule is CC(=O)Nc1ccc(N2C(=O)[C@@H](C)N(C3CCC3)C2=O)c(C(F)(F)F)c1. The number of imide groups is 1. The summed E-state index contributed by atoms with van der Waals surface area (Å²) < 4.78 is 40.6. The fraction of sp³-hybridized carbons (Fsp3) is 0.471. The number of halogens is 3. The van der Waals surface area contributed by atoms with Crippen LogP contribution in [0, 0.1) is 0 Å². The first-order chi connectivity index (χ1) is 12.1. The second-order valence-electron chi connectivity index (χ2n) is 6.54. The Kier molecular flexibility index (Phi) is 4.41. The first-order valence-electron chi connectivity index (χ1n) is 8.26. The van der Waals surface area contributed by atoms with Crippen LogP contribution in [0.25, 0.3) is 0 Å². The Morgan fingerprint density at radius 1 is 1.23 bits per heavy atom. The summed E-state index contributed by atoms with van der Waals surface area (Å²) in [4.78, 5) is 38.3. The zero-order valence-electron chi connectivity index (χ0n) is 14.3. The molecule has 140 valence electrons. The molecule has 0 spiro atoms. The molecule has 0 bridgehead atoms. The first kappa shape index (κ1) is 18.2. The van der Waals surface area contributed by atoms with E-state index >= 15 is 0 Å². The number of nitrogens with one attached hydrogen (secondary N) is 1. The van der Waals surface area contributed by atoms with Crippen molar-refractivity contribution in [2.45, 2.75) is 51.4 Å². The topological polar surface area (TPSA) is 69.7 Å². The van der Waals surface area contributed by atoms with E-state index in [1.807, 2.05) is 0 Å². The molecule has 1 aliphatic carbocycles. The molecule has 1 saturated carbocycles. The van der Waals surface area contributed by atoms with Gasteiger partial charge in [-0.15, -0.1) is 0 Å². The molecule has 2 aliphatic rings. The van der Waals surface area contributed by atoms with Crippen LogP contribution in [0.4, 0.5) is 29.3 Å². The molecule has 0 aromatic heterocycles. The molecule has 1 N–H and O–H groups in total. The van der Waals surface area contributed by atoms with Crippen molar-refractivity contribution in [2.24, 2.45) is 0 Å². The number of alkyl halides is 3. The van der Waals surface area contributed by atoms with Crippen LogP contribution in [-0.2, 0) is 15.8 Å². The third-order valence-electron chi connectivity index (χ3n) is 4.74. The van der Waals surface area contributed by atoms with E-state index in [0.717, 1.165) is 31.4 Å². The van der Waals surface area contributed by atoms with E-state index < -0.39 is 41.3 Å². The second-order valence-corrected chi connectivity index (χ2v) is 6.54. The van der Waals surface area contributed by atoms with Crippen LogP contribution in [0.3, 0.4) is 0 Å². The van der Waals surface area contributed by atoms with Crippen molar-refractivity contribution in [3.8, 4) is 0 Å². The largest absolute Gasteiger partial charge is 0.418 e. The lowest BCUT2D eigenvalue weighted by molar-refractivity contribution is -0.137. The number of anilines is 2. The molecule has 1 heterocycles. The number of hydrogen-bond donors (Lipinski definition) is 1. The Hall–Kier alpha value is -2.58. The number of benzene rings is 1. The van der Waals surface area contributed by atoms with Crippen molar-refractivity contribution in [3.05, 3.63) is 23.8 Å². The summed E-state index contributed by atoms with van der Waals surface area (Å²) in [5.41, 5.74) is -1.72. The van der Waals surface area contributed by atoms with Crippen molar-refractivity contribution in [1.29, 1.82) is 0 Å². The van der Waals surface area contributed by atoms with Crippen molar-refractivity contribution < 1.29 is 27.6 Å². The van der Waals surface area contributed by atoms with E-state index in [0.29, 0.717) is 4.90 Å². The summed E-state index contributed by atoms with van der Waals surface area (Å²) in [6, 6.07) is 1.37. The van der Waals surface area contributed by atoms with Gasteiger partial charge >= 0.3 is 12.2 Å². The molecule has 0 radical (unpaired) electrons. The van der Waals surface area contributed by atoms with Crippen LogP contribution in [0.1, 0.15) is 38.7 Å². The van der Waals surface area contributed by atoms with Gasteiger partial charge in [0.1, 0.15) is 6.04 Å². The molecule has 9 heteroatoms. The predicted molar refractivity (Wildman–Crippen MR) is 87.6 cm³/mol. The highest BCUT2D eigenvalue weighted by Gasteiger charge is 2.49. The minimum absolute atomic E-state index is 0.0587. The lowest BCUT2D eigenvalue weighted by Crippen LogP contribution is -2.46. The van der Waals surface area contributed by atoms with E-state index in [1.165, 1.54) is 24.8 Å². The van der Waals surface area contributed by atoms with Crippen molar-refractivity contribution in [1.82, 2.24) is 4.90 Å². The summed E-state index contributed by atoms with van der Waals surface area (Å²) in [5.74, 6) is -1.20. The Labute approximate surface area is 147 Å². The van der Waals surface area contributed by atoms with E-state index in [9.17, 15) is 27.6 Å². The maximum atomic E-state index is 13.5. The van der Waals surface area contributed by atoms with Crippen LogP contribution in [-0.4, -0.2) is 34.8 Å². The number of hydrogen-bond acceptors (Lipinski definition) is 3. The third-order valence-corrected chi connectivity index (χ3v) is 4.74. The normalized spacial score (nSPS) is 21.2. The van der Waals surface area contributed by atoms with Crippen LogP contribution >= 0.6 is 0 Å². The molecular weight excluding hydrogens is 351 g/mol. The number of amides is 4. The van der Waals surface area contributed by atoms with Crippen LogP contribution in [0.2, 0.25) is 0 Å². The lowest BCUT2D eigenvalue weighted by Gasteiger charge is -2.36. The Balaban J connectivity index is 2.03. The van der Waals surface area contributed by atoms with Gasteiger partial charge in [0.2, 0.25) is 5.91 Å². The molecule has 1 aliphatic heterocycles.